The van der Waals surface area contributed by atoms with Gasteiger partial charge in [0.25, 0.3) is 0 Å². The Balaban J connectivity index is 4.58. The number of sulfone groups is 1. The minimum atomic E-state index is -3.51. The molecular formula is C9H17NO6S. The van der Waals surface area contributed by atoms with E-state index in [9.17, 15) is 18.0 Å². The molecule has 0 aliphatic rings. The molecule has 0 aromatic heterocycles. The van der Waals surface area contributed by atoms with Crippen molar-refractivity contribution in [2.75, 3.05) is 12.0 Å². The van der Waals surface area contributed by atoms with Gasteiger partial charge in [-0.05, 0) is 20.8 Å². The first-order valence-electron chi connectivity index (χ1n) is 4.81. The molecule has 0 bridgehead atoms. The van der Waals surface area contributed by atoms with Crippen molar-refractivity contribution in [2.24, 2.45) is 0 Å². The monoisotopic (exact) mass is 267 g/mol. The SMILES string of the molecule is CC(C)(C)OC(=O)NC(CS(C)(=O)=O)C(=O)O. The molecule has 0 aromatic rings. The van der Waals surface area contributed by atoms with Gasteiger partial charge in [-0.3, -0.25) is 0 Å². The highest BCUT2D eigenvalue weighted by Crippen LogP contribution is 2.07. The molecule has 0 fully saturated rings. The number of hydrogen-bond donors (Lipinski definition) is 2. The Bertz CT molecular complexity index is 394. The van der Waals surface area contributed by atoms with Crippen LogP contribution in [0.4, 0.5) is 4.79 Å². The van der Waals surface area contributed by atoms with Gasteiger partial charge in [-0.1, -0.05) is 0 Å². The van der Waals surface area contributed by atoms with Crippen LogP contribution in [0.3, 0.4) is 0 Å². The van der Waals surface area contributed by atoms with Gasteiger partial charge in [0.1, 0.15) is 21.5 Å². The average Bonchev–Trinajstić information content (AvgIpc) is 1.95. The van der Waals surface area contributed by atoms with Crippen molar-refractivity contribution in [1.82, 2.24) is 5.32 Å². The van der Waals surface area contributed by atoms with E-state index in [2.05, 4.69) is 0 Å². The van der Waals surface area contributed by atoms with Crippen molar-refractivity contribution >= 4 is 21.9 Å². The third kappa shape index (κ3) is 8.49. The van der Waals surface area contributed by atoms with Crippen LogP contribution in [-0.2, 0) is 19.4 Å². The number of carbonyl (C=O) groups excluding carboxylic acids is 1. The number of carboxylic acids is 1. The summed E-state index contributed by atoms with van der Waals surface area (Å²) in [6, 6.07) is -1.51. The van der Waals surface area contributed by atoms with Gasteiger partial charge in [0, 0.05) is 6.26 Å². The van der Waals surface area contributed by atoms with E-state index < -0.39 is 39.3 Å². The predicted octanol–water partition coefficient (Wildman–Crippen LogP) is 0.00890. The van der Waals surface area contributed by atoms with E-state index in [0.29, 0.717) is 0 Å². The van der Waals surface area contributed by atoms with Crippen molar-refractivity contribution in [3.8, 4) is 0 Å². The summed E-state index contributed by atoms with van der Waals surface area (Å²) in [5, 5.41) is 10.7. The summed E-state index contributed by atoms with van der Waals surface area (Å²) in [5.74, 6) is -2.11. The lowest BCUT2D eigenvalue weighted by atomic mass is 10.2. The zero-order chi connectivity index (χ0) is 13.9. The van der Waals surface area contributed by atoms with Crippen LogP contribution >= 0.6 is 0 Å². The quantitative estimate of drug-likeness (QED) is 0.742. The van der Waals surface area contributed by atoms with Crippen molar-refractivity contribution in [2.45, 2.75) is 32.4 Å². The lowest BCUT2D eigenvalue weighted by Crippen LogP contribution is -2.47. The fourth-order valence-corrected chi connectivity index (χ4v) is 1.76. The van der Waals surface area contributed by atoms with E-state index in [1.54, 1.807) is 20.8 Å². The highest BCUT2D eigenvalue weighted by Gasteiger charge is 2.26. The average molecular weight is 267 g/mol. The minimum Gasteiger partial charge on any atom is -0.480 e. The third-order valence-electron chi connectivity index (χ3n) is 1.46. The third-order valence-corrected chi connectivity index (χ3v) is 2.40. The number of hydrogen-bond acceptors (Lipinski definition) is 5. The molecule has 0 rings (SSSR count). The summed E-state index contributed by atoms with van der Waals surface area (Å²) in [5.41, 5.74) is -0.780. The van der Waals surface area contributed by atoms with E-state index in [0.717, 1.165) is 6.26 Å². The van der Waals surface area contributed by atoms with Crippen LogP contribution in [0, 0.1) is 0 Å². The van der Waals surface area contributed by atoms with Gasteiger partial charge in [-0.2, -0.15) is 0 Å². The highest BCUT2D eigenvalue weighted by molar-refractivity contribution is 7.90. The van der Waals surface area contributed by atoms with Crippen LogP contribution in [0.1, 0.15) is 20.8 Å². The number of alkyl carbamates (subject to hydrolysis) is 1. The zero-order valence-corrected chi connectivity index (χ0v) is 11.0. The molecule has 7 nitrogen and oxygen atoms in total. The minimum absolute atomic E-state index is 0.679. The van der Waals surface area contributed by atoms with E-state index in [4.69, 9.17) is 9.84 Å². The van der Waals surface area contributed by atoms with Gasteiger partial charge in [0.15, 0.2) is 0 Å². The molecule has 0 aromatic carbocycles. The number of carboxylic acid groups (broad SMARTS) is 1. The van der Waals surface area contributed by atoms with Crippen molar-refractivity contribution in [3.63, 3.8) is 0 Å². The summed E-state index contributed by atoms with van der Waals surface area (Å²) < 4.78 is 26.7. The maximum absolute atomic E-state index is 11.3. The topological polar surface area (TPSA) is 110 Å². The molecule has 17 heavy (non-hydrogen) atoms. The first-order chi connectivity index (χ1) is 7.41. The Kier molecular flexibility index (Phi) is 4.94. The number of nitrogens with one attached hydrogen (secondary N) is 1. The number of ether oxygens (including phenoxy) is 1. The summed E-state index contributed by atoms with van der Waals surface area (Å²) in [6.07, 6.45) is -0.0757. The fourth-order valence-electron chi connectivity index (χ4n) is 0.927. The molecule has 1 unspecified atom stereocenters. The Labute approximate surface area is 100 Å². The largest absolute Gasteiger partial charge is 0.480 e. The van der Waals surface area contributed by atoms with E-state index in [1.807, 2.05) is 5.32 Å². The van der Waals surface area contributed by atoms with Crippen LogP contribution < -0.4 is 5.32 Å². The van der Waals surface area contributed by atoms with Crippen LogP contribution in [0.25, 0.3) is 0 Å². The lowest BCUT2D eigenvalue weighted by molar-refractivity contribution is -0.138. The summed E-state index contributed by atoms with van der Waals surface area (Å²) >= 11 is 0. The number of aliphatic carboxylic acids is 1. The van der Waals surface area contributed by atoms with E-state index in [1.165, 1.54) is 0 Å². The van der Waals surface area contributed by atoms with Crippen LogP contribution in [0.2, 0.25) is 0 Å². The second-order valence-electron chi connectivity index (χ2n) is 4.63. The van der Waals surface area contributed by atoms with Crippen LogP contribution in [-0.4, -0.2) is 49.2 Å². The van der Waals surface area contributed by atoms with Gasteiger partial charge in [-0.15, -0.1) is 0 Å². The Morgan fingerprint density at radius 3 is 2.12 bits per heavy atom. The second kappa shape index (κ2) is 5.35. The van der Waals surface area contributed by atoms with Crippen molar-refractivity contribution in [3.05, 3.63) is 0 Å². The second-order valence-corrected chi connectivity index (χ2v) is 6.81. The number of rotatable bonds is 4. The molecule has 0 heterocycles. The molecule has 100 valence electrons. The smallest absolute Gasteiger partial charge is 0.408 e. The van der Waals surface area contributed by atoms with Crippen LogP contribution in [0.5, 0.6) is 0 Å². The van der Waals surface area contributed by atoms with Gasteiger partial charge in [-0.25, -0.2) is 18.0 Å². The summed E-state index contributed by atoms with van der Waals surface area (Å²) in [6.45, 7) is 4.83. The van der Waals surface area contributed by atoms with Gasteiger partial charge < -0.3 is 15.2 Å². The summed E-state index contributed by atoms with van der Waals surface area (Å²) in [7, 11) is -3.51. The van der Waals surface area contributed by atoms with Gasteiger partial charge in [0.05, 0.1) is 5.75 Å². The normalized spacial score (nSPS) is 13.9. The molecule has 0 saturated carbocycles. The first kappa shape index (κ1) is 15.7. The zero-order valence-electron chi connectivity index (χ0n) is 10.2. The molecule has 8 heteroatoms. The molecule has 0 radical (unpaired) electrons. The summed E-state index contributed by atoms with van der Waals surface area (Å²) in [4.78, 5) is 22.0. The molecular weight excluding hydrogens is 250 g/mol. The van der Waals surface area contributed by atoms with Gasteiger partial charge in [0.2, 0.25) is 0 Å². The predicted molar refractivity (Wildman–Crippen MR) is 60.5 cm³/mol. The van der Waals surface area contributed by atoms with Gasteiger partial charge >= 0.3 is 12.1 Å². The van der Waals surface area contributed by atoms with Crippen molar-refractivity contribution in [1.29, 1.82) is 0 Å². The Hall–Kier alpha value is -1.31. The molecule has 0 aliphatic carbocycles. The molecule has 0 spiro atoms. The molecule has 2 N–H and O–H groups in total. The standard InChI is InChI=1S/C9H17NO6S/c1-9(2,3)16-8(13)10-6(7(11)12)5-17(4,14)15/h6H,5H2,1-4H3,(H,10,13)(H,11,12). The number of carbonyl (C=O) groups is 2. The van der Waals surface area contributed by atoms with Crippen molar-refractivity contribution < 1.29 is 27.9 Å². The van der Waals surface area contributed by atoms with Crippen LogP contribution in [0.15, 0.2) is 0 Å². The Morgan fingerprint density at radius 2 is 1.82 bits per heavy atom. The Morgan fingerprint density at radius 1 is 1.35 bits per heavy atom. The molecule has 1 amide bonds. The first-order valence-corrected chi connectivity index (χ1v) is 6.87. The van der Waals surface area contributed by atoms with E-state index in [-0.39, 0.29) is 0 Å². The fraction of sp³-hybridized carbons (Fsp3) is 0.778. The maximum Gasteiger partial charge on any atom is 0.408 e. The lowest BCUT2D eigenvalue weighted by Gasteiger charge is -2.21. The highest BCUT2D eigenvalue weighted by atomic mass is 32.2. The number of amides is 1. The van der Waals surface area contributed by atoms with E-state index >= 15 is 0 Å². The molecule has 0 aliphatic heterocycles. The maximum atomic E-state index is 11.3. The molecule has 1 atom stereocenters. The molecule has 0 saturated heterocycles.